The molecule has 0 aliphatic carbocycles. The Labute approximate surface area is 148 Å². The molecule has 142 valence electrons. The van der Waals surface area contributed by atoms with Crippen LogP contribution in [-0.2, 0) is 79.2 Å². The fourth-order valence-electron chi connectivity index (χ4n) is 0. The molecule has 0 radical (unpaired) electrons. The van der Waals surface area contributed by atoms with Crippen LogP contribution in [0.2, 0.25) is 0 Å². The van der Waals surface area contributed by atoms with Crippen LogP contribution >= 0.6 is 0 Å². The van der Waals surface area contributed by atoms with Gasteiger partial charge in [0.15, 0.2) is 0 Å². The maximum Gasteiger partial charge on any atom is 2.00 e. The molecule has 22 heavy (non-hydrogen) atoms. The van der Waals surface area contributed by atoms with E-state index >= 15 is 0 Å². The SMILES string of the molecule is O=S(=O)([O-])[O-].O=S(=O)([O-])[O-].O=S(=O)([O-])[O-].O=S(=O)([O-])[O-].[Ni+2].[W]. The summed E-state index contributed by atoms with van der Waals surface area (Å²) in [4.78, 5) is 0. The van der Waals surface area contributed by atoms with Gasteiger partial charge in [0.2, 0.25) is 0 Å². The van der Waals surface area contributed by atoms with Crippen LogP contribution in [0.3, 0.4) is 0 Å². The maximum atomic E-state index is 8.52. The summed E-state index contributed by atoms with van der Waals surface area (Å²) in [5, 5.41) is 0. The van der Waals surface area contributed by atoms with Gasteiger partial charge in [0.1, 0.15) is 0 Å². The van der Waals surface area contributed by atoms with Crippen molar-refractivity contribution in [2.24, 2.45) is 0 Å². The summed E-state index contributed by atoms with van der Waals surface area (Å²) in [5.41, 5.74) is 0. The first-order chi connectivity index (χ1) is 8.00. The van der Waals surface area contributed by atoms with Gasteiger partial charge >= 0.3 is 16.5 Å². The zero-order valence-electron chi connectivity index (χ0n) is 8.89. The Hall–Kier alpha value is 0.662. The Morgan fingerprint density at radius 3 is 0.364 bits per heavy atom. The van der Waals surface area contributed by atoms with Crippen LogP contribution in [0.1, 0.15) is 0 Å². The summed E-state index contributed by atoms with van der Waals surface area (Å²) >= 11 is 0. The van der Waals surface area contributed by atoms with E-state index in [1.807, 2.05) is 0 Å². The second-order valence-corrected chi connectivity index (χ2v) is 4.90. The molecular formula is NiO16S4W-6. The molecule has 0 atom stereocenters. The first kappa shape index (κ1) is 38.3. The molecule has 22 heteroatoms. The summed E-state index contributed by atoms with van der Waals surface area (Å²) < 4.78 is 136. The average Bonchev–Trinajstić information content (AvgIpc) is 1.62. The minimum Gasteiger partial charge on any atom is -0.759 e. The Bertz CT molecular complexity index is 479. The summed E-state index contributed by atoms with van der Waals surface area (Å²) in [5.74, 6) is 0. The third-order valence-electron chi connectivity index (χ3n) is 0. The molecule has 0 rings (SSSR count). The van der Waals surface area contributed by atoms with E-state index in [9.17, 15) is 0 Å². The molecule has 0 N–H and O–H groups in total. The molecule has 0 aliphatic heterocycles. The van der Waals surface area contributed by atoms with Crippen LogP contribution in [0, 0.1) is 0 Å². The zero-order chi connectivity index (χ0) is 18.0. The van der Waals surface area contributed by atoms with Gasteiger partial charge in [-0.3, -0.25) is 33.7 Å². The van der Waals surface area contributed by atoms with Crippen LogP contribution in [0.4, 0.5) is 0 Å². The van der Waals surface area contributed by atoms with Gasteiger partial charge in [0, 0.05) is 62.7 Å². The third kappa shape index (κ3) is 18200. The second-order valence-electron chi connectivity index (χ2n) is 1.63. The standard InChI is InChI=1S/Ni.4H2O4S.W/c;4*1-5(2,3)4;/h;4*(H2,1,2,3,4);/q+2;;;;;/p-8. The minimum atomic E-state index is -5.17. The van der Waals surface area contributed by atoms with E-state index in [1.54, 1.807) is 0 Å². The topological polar surface area (TPSA) is 321 Å². The van der Waals surface area contributed by atoms with Crippen LogP contribution in [0.15, 0.2) is 0 Å². The van der Waals surface area contributed by atoms with Gasteiger partial charge in [-0.15, -0.1) is 0 Å². The molecule has 0 aliphatic rings. The Morgan fingerprint density at radius 1 is 0.364 bits per heavy atom. The first-order valence-electron chi connectivity index (χ1n) is 2.67. The Morgan fingerprint density at radius 2 is 0.364 bits per heavy atom. The monoisotopic (exact) mass is 626 g/mol. The minimum absolute atomic E-state index is 0. The van der Waals surface area contributed by atoms with E-state index in [0.29, 0.717) is 0 Å². The predicted molar refractivity (Wildman–Crippen MR) is 41.9 cm³/mol. The van der Waals surface area contributed by atoms with Gasteiger partial charge in [-0.05, 0) is 0 Å². The van der Waals surface area contributed by atoms with Gasteiger partial charge in [0.05, 0.1) is 0 Å². The fourth-order valence-corrected chi connectivity index (χ4v) is 0. The van der Waals surface area contributed by atoms with Crippen LogP contribution < -0.4 is 0 Å². The molecule has 0 amide bonds. The van der Waals surface area contributed by atoms with E-state index in [0.717, 1.165) is 0 Å². The van der Waals surface area contributed by atoms with E-state index in [-0.39, 0.29) is 37.6 Å². The molecule has 0 unspecified atom stereocenters. The molecule has 0 aromatic heterocycles. The van der Waals surface area contributed by atoms with Gasteiger partial charge in [-0.2, -0.15) is 0 Å². The van der Waals surface area contributed by atoms with Crippen molar-refractivity contribution >= 4 is 41.6 Å². The molecule has 0 fully saturated rings. The van der Waals surface area contributed by atoms with Gasteiger partial charge in [-0.1, -0.05) is 0 Å². The normalized spacial score (nSPS) is 10.5. The Balaban J connectivity index is -0.0000000376. The van der Waals surface area contributed by atoms with E-state index in [1.165, 1.54) is 0 Å². The van der Waals surface area contributed by atoms with Crippen molar-refractivity contribution in [3.63, 3.8) is 0 Å². The van der Waals surface area contributed by atoms with E-state index in [4.69, 9.17) is 70.1 Å². The van der Waals surface area contributed by atoms with E-state index in [2.05, 4.69) is 0 Å². The summed E-state index contributed by atoms with van der Waals surface area (Å²) in [7, 11) is -20.7. The number of hydrogen-bond donors (Lipinski definition) is 0. The van der Waals surface area contributed by atoms with Crippen LogP contribution in [0.25, 0.3) is 0 Å². The Kier molecular flexibility index (Phi) is 26.5. The molecule has 0 heterocycles. The maximum absolute atomic E-state index is 8.52. The summed E-state index contributed by atoms with van der Waals surface area (Å²) in [6.07, 6.45) is 0. The van der Waals surface area contributed by atoms with Crippen molar-refractivity contribution in [2.75, 3.05) is 0 Å². The quantitative estimate of drug-likeness (QED) is 0.137. The molecular weight excluding hydrogens is 627 g/mol. The van der Waals surface area contributed by atoms with Crippen molar-refractivity contribution in [3.8, 4) is 0 Å². The number of rotatable bonds is 0. The molecule has 16 nitrogen and oxygen atoms in total. The largest absolute Gasteiger partial charge is 2.00 e. The molecule has 0 saturated carbocycles. The fraction of sp³-hybridized carbons (Fsp3) is 0. The van der Waals surface area contributed by atoms with Crippen molar-refractivity contribution in [1.82, 2.24) is 0 Å². The van der Waals surface area contributed by atoms with Crippen molar-refractivity contribution in [1.29, 1.82) is 0 Å². The molecule has 0 aromatic carbocycles. The molecule has 0 spiro atoms. The molecule has 0 saturated heterocycles. The van der Waals surface area contributed by atoms with Gasteiger partial charge < -0.3 is 36.4 Å². The van der Waals surface area contributed by atoms with Crippen LogP contribution in [-0.4, -0.2) is 70.1 Å². The van der Waals surface area contributed by atoms with E-state index < -0.39 is 41.6 Å². The third-order valence-corrected chi connectivity index (χ3v) is 0. The van der Waals surface area contributed by atoms with Gasteiger partial charge in [-0.25, -0.2) is 0 Å². The van der Waals surface area contributed by atoms with Crippen molar-refractivity contribution < 1.29 is 108 Å². The smallest absolute Gasteiger partial charge is 0.759 e. The zero-order valence-corrected chi connectivity index (χ0v) is 16.1. The second kappa shape index (κ2) is 15.2. The molecule has 0 bridgehead atoms. The predicted octanol–water partition coefficient (Wildman–Crippen LogP) is -5.36. The van der Waals surface area contributed by atoms with Gasteiger partial charge in [0.25, 0.3) is 0 Å². The van der Waals surface area contributed by atoms with Crippen LogP contribution in [0.5, 0.6) is 0 Å². The number of hydrogen-bond acceptors (Lipinski definition) is 16. The van der Waals surface area contributed by atoms with Crippen molar-refractivity contribution in [2.45, 2.75) is 0 Å². The molecule has 0 aromatic rings. The average molecular weight is 627 g/mol. The summed E-state index contributed by atoms with van der Waals surface area (Å²) in [6, 6.07) is 0. The first-order valence-corrected chi connectivity index (χ1v) is 8.00. The summed E-state index contributed by atoms with van der Waals surface area (Å²) in [6.45, 7) is 0. The van der Waals surface area contributed by atoms with Crippen molar-refractivity contribution in [3.05, 3.63) is 0 Å².